The lowest BCUT2D eigenvalue weighted by molar-refractivity contribution is -0.134. The Bertz CT molecular complexity index is 865. The van der Waals surface area contributed by atoms with Gasteiger partial charge in [0, 0.05) is 36.0 Å². The fourth-order valence-corrected chi connectivity index (χ4v) is 4.14. The van der Waals surface area contributed by atoms with Crippen LogP contribution in [-0.2, 0) is 26.0 Å². The van der Waals surface area contributed by atoms with Crippen LogP contribution in [-0.4, -0.2) is 50.7 Å². The number of hydrogen-bond acceptors (Lipinski definition) is 5. The molecule has 1 heterocycles. The van der Waals surface area contributed by atoms with E-state index in [9.17, 15) is 18.0 Å². The monoisotopic (exact) mass is 448 g/mol. The van der Waals surface area contributed by atoms with Gasteiger partial charge in [-0.15, -0.1) is 0 Å². The maximum atomic E-state index is 12.4. The maximum Gasteiger partial charge on any atom is 0.260 e. The van der Waals surface area contributed by atoms with Gasteiger partial charge in [-0.25, -0.2) is 13.1 Å². The second-order valence-electron chi connectivity index (χ2n) is 6.53. The first-order valence-electron chi connectivity index (χ1n) is 8.64. The number of nitrogens with one attached hydrogen (secondary N) is 1. The quantitative estimate of drug-likeness (QED) is 0.659. The summed E-state index contributed by atoms with van der Waals surface area (Å²) in [5.74, 6) is -0.00495. The van der Waals surface area contributed by atoms with Crippen molar-refractivity contribution in [3.8, 4) is 5.75 Å². The highest BCUT2D eigenvalue weighted by Gasteiger charge is 2.25. The lowest BCUT2D eigenvalue weighted by Crippen LogP contribution is -2.47. The van der Waals surface area contributed by atoms with Crippen LogP contribution in [0.15, 0.2) is 24.1 Å². The van der Waals surface area contributed by atoms with Gasteiger partial charge < -0.3 is 9.64 Å². The van der Waals surface area contributed by atoms with Gasteiger partial charge in [-0.1, -0.05) is 29.8 Å². The summed E-state index contributed by atoms with van der Waals surface area (Å²) in [5, 5.41) is 1.49. The third kappa shape index (κ3) is 6.48. The average molecular weight is 449 g/mol. The summed E-state index contributed by atoms with van der Waals surface area (Å²) in [4.78, 5) is 25.3. The van der Waals surface area contributed by atoms with E-state index in [-0.39, 0.29) is 41.5 Å². The molecule has 1 fully saturated rings. The molecule has 0 bridgehead atoms. The molecule has 0 atom stereocenters. The van der Waals surface area contributed by atoms with Crippen LogP contribution in [0.4, 0.5) is 0 Å². The molecule has 0 aliphatic carbocycles. The molecule has 1 saturated heterocycles. The highest BCUT2D eigenvalue weighted by Crippen LogP contribution is 2.31. The number of carbonyl (C=O) groups excluding carboxylic acids is 2. The number of Topliss-reactive ketones (excluding diaryl/α,β-unsaturated/α-hetero) is 1. The van der Waals surface area contributed by atoms with Crippen molar-refractivity contribution in [2.45, 2.75) is 32.2 Å². The zero-order valence-electron chi connectivity index (χ0n) is 15.4. The molecule has 10 heteroatoms. The highest BCUT2D eigenvalue weighted by molar-refractivity contribution is 7.92. The third-order valence-electron chi connectivity index (χ3n) is 4.29. The van der Waals surface area contributed by atoms with Crippen molar-refractivity contribution in [2.24, 2.45) is 0 Å². The van der Waals surface area contributed by atoms with Crippen LogP contribution >= 0.6 is 23.2 Å². The standard InChI is InChI=1S/C18H22Cl2N2O5S/c1-3-28(25,26)21-14-4-6-22(7-5-14)18(24)11-27-17-9-13(8-12(2)23)15(19)10-16(17)20/h3,9-10,14,21H,1,4-8,11H2,2H3. The number of amides is 1. The molecule has 1 amide bonds. The molecule has 0 radical (unpaired) electrons. The van der Waals surface area contributed by atoms with Gasteiger partial charge in [-0.05, 0) is 37.5 Å². The number of rotatable bonds is 8. The Hall–Kier alpha value is -1.61. The first-order chi connectivity index (χ1) is 13.1. The Morgan fingerprint density at radius 1 is 1.29 bits per heavy atom. The largest absolute Gasteiger partial charge is 0.482 e. The van der Waals surface area contributed by atoms with Crippen molar-refractivity contribution in [3.63, 3.8) is 0 Å². The zero-order chi connectivity index (χ0) is 20.9. The van der Waals surface area contributed by atoms with E-state index in [1.165, 1.54) is 13.0 Å². The number of halogens is 2. The third-order valence-corrected chi connectivity index (χ3v) is 6.04. The number of ether oxygens (including phenoxy) is 1. The molecule has 1 N–H and O–H groups in total. The van der Waals surface area contributed by atoms with Crippen molar-refractivity contribution in [2.75, 3.05) is 19.7 Å². The van der Waals surface area contributed by atoms with E-state index < -0.39 is 10.0 Å². The molecule has 0 spiro atoms. The number of ketones is 1. The van der Waals surface area contributed by atoms with Gasteiger partial charge in [-0.3, -0.25) is 9.59 Å². The Labute approximate surface area is 174 Å². The summed E-state index contributed by atoms with van der Waals surface area (Å²) in [7, 11) is -3.49. The number of sulfonamides is 1. The first kappa shape index (κ1) is 22.7. The molecular formula is C18H22Cl2N2O5S. The van der Waals surface area contributed by atoms with Crippen LogP contribution in [0.3, 0.4) is 0 Å². The lowest BCUT2D eigenvalue weighted by atomic mass is 10.1. The molecule has 0 unspecified atom stereocenters. The van der Waals surface area contributed by atoms with E-state index in [4.69, 9.17) is 27.9 Å². The summed E-state index contributed by atoms with van der Waals surface area (Å²) < 4.78 is 31.1. The maximum absolute atomic E-state index is 12.4. The molecule has 154 valence electrons. The highest BCUT2D eigenvalue weighted by atomic mass is 35.5. The van der Waals surface area contributed by atoms with Crippen LogP contribution in [0.2, 0.25) is 10.0 Å². The van der Waals surface area contributed by atoms with Gasteiger partial charge in [0.15, 0.2) is 6.61 Å². The number of piperidine rings is 1. The fourth-order valence-electron chi connectivity index (χ4n) is 2.84. The first-order valence-corrected chi connectivity index (χ1v) is 10.9. The normalized spacial score (nSPS) is 15.3. The van der Waals surface area contributed by atoms with Crippen molar-refractivity contribution in [1.29, 1.82) is 0 Å². The molecule has 7 nitrogen and oxygen atoms in total. The SMILES string of the molecule is C=CS(=O)(=O)NC1CCN(C(=O)COc2cc(CC(C)=O)c(Cl)cc2Cl)CC1. The molecule has 1 aliphatic heterocycles. The minimum atomic E-state index is -3.49. The molecular weight excluding hydrogens is 427 g/mol. The number of benzene rings is 1. The van der Waals surface area contributed by atoms with E-state index in [0.717, 1.165) is 5.41 Å². The summed E-state index contributed by atoms with van der Waals surface area (Å²) in [5.41, 5.74) is 0.580. The van der Waals surface area contributed by atoms with Gasteiger partial charge >= 0.3 is 0 Å². The van der Waals surface area contributed by atoms with Crippen LogP contribution < -0.4 is 9.46 Å². The van der Waals surface area contributed by atoms with Crippen molar-refractivity contribution < 1.29 is 22.7 Å². The Kier molecular flexibility index (Phi) is 7.88. The molecule has 1 aromatic rings. The van der Waals surface area contributed by atoms with Gasteiger partial charge in [0.05, 0.1) is 5.02 Å². The molecule has 2 rings (SSSR count). The van der Waals surface area contributed by atoms with Crippen molar-refractivity contribution >= 4 is 44.9 Å². The second kappa shape index (κ2) is 9.73. The van der Waals surface area contributed by atoms with Gasteiger partial charge in [0.25, 0.3) is 5.91 Å². The van der Waals surface area contributed by atoms with E-state index in [1.54, 1.807) is 11.0 Å². The summed E-state index contributed by atoms with van der Waals surface area (Å²) >= 11 is 12.2. The predicted molar refractivity (Wildman–Crippen MR) is 108 cm³/mol. The molecule has 1 aliphatic rings. The summed E-state index contributed by atoms with van der Waals surface area (Å²) in [6.45, 7) is 5.32. The van der Waals surface area contributed by atoms with Crippen molar-refractivity contribution in [3.05, 3.63) is 39.7 Å². The van der Waals surface area contributed by atoms with Crippen molar-refractivity contribution in [1.82, 2.24) is 9.62 Å². The van der Waals surface area contributed by atoms with Crippen LogP contribution in [0.1, 0.15) is 25.3 Å². The Morgan fingerprint density at radius 2 is 1.93 bits per heavy atom. The summed E-state index contributed by atoms with van der Waals surface area (Å²) in [6, 6.07) is 2.82. The predicted octanol–water partition coefficient (Wildman–Crippen LogP) is 2.56. The molecule has 1 aromatic carbocycles. The Morgan fingerprint density at radius 3 is 2.50 bits per heavy atom. The molecule has 28 heavy (non-hydrogen) atoms. The van der Waals surface area contributed by atoms with Gasteiger partial charge in [0.2, 0.25) is 10.0 Å². The fraction of sp³-hybridized carbons (Fsp3) is 0.444. The van der Waals surface area contributed by atoms with Gasteiger partial charge in [0.1, 0.15) is 11.5 Å². The van der Waals surface area contributed by atoms with E-state index in [1.807, 2.05) is 0 Å². The minimum Gasteiger partial charge on any atom is -0.482 e. The molecule has 0 saturated carbocycles. The van der Waals surface area contributed by atoms with Crippen LogP contribution in [0.5, 0.6) is 5.75 Å². The average Bonchev–Trinajstić information content (AvgIpc) is 2.62. The Balaban J connectivity index is 1.91. The smallest absolute Gasteiger partial charge is 0.260 e. The van der Waals surface area contributed by atoms with E-state index in [2.05, 4.69) is 11.3 Å². The van der Waals surface area contributed by atoms with Gasteiger partial charge in [-0.2, -0.15) is 0 Å². The topological polar surface area (TPSA) is 92.8 Å². The van der Waals surface area contributed by atoms with Crippen LogP contribution in [0, 0.1) is 0 Å². The lowest BCUT2D eigenvalue weighted by Gasteiger charge is -2.32. The van der Waals surface area contributed by atoms with E-state index in [0.29, 0.717) is 36.5 Å². The molecule has 0 aromatic heterocycles. The number of hydrogen-bond donors (Lipinski definition) is 1. The minimum absolute atomic E-state index is 0.0544. The zero-order valence-corrected chi connectivity index (χ0v) is 17.7. The number of likely N-dealkylation sites (tertiary alicyclic amines) is 1. The van der Waals surface area contributed by atoms with E-state index >= 15 is 0 Å². The second-order valence-corrected chi connectivity index (χ2v) is 9.00. The van der Waals surface area contributed by atoms with Crippen LogP contribution in [0.25, 0.3) is 0 Å². The number of carbonyl (C=O) groups is 2. The summed E-state index contributed by atoms with van der Waals surface area (Å²) in [6.07, 6.45) is 1.15. The number of nitrogens with zero attached hydrogens (tertiary/aromatic N) is 1.